The maximum Gasteiger partial charge on any atom is 0.0309 e. The molecule has 1 N–H and O–H groups in total. The summed E-state index contributed by atoms with van der Waals surface area (Å²) in [6.07, 6.45) is 6.94. The van der Waals surface area contributed by atoms with E-state index in [-0.39, 0.29) is 0 Å². The molecule has 1 heterocycles. The summed E-state index contributed by atoms with van der Waals surface area (Å²) in [6.45, 7) is 8.45. The quantitative estimate of drug-likeness (QED) is 0.831. The Morgan fingerprint density at radius 1 is 1.33 bits per heavy atom. The summed E-state index contributed by atoms with van der Waals surface area (Å²) >= 11 is 3.47. The molecule has 1 spiro atoms. The van der Waals surface area contributed by atoms with E-state index in [4.69, 9.17) is 0 Å². The Morgan fingerprint density at radius 3 is 2.73 bits per heavy atom. The molecule has 1 aliphatic heterocycles. The van der Waals surface area contributed by atoms with Crippen LogP contribution in [0.4, 0.5) is 0 Å². The van der Waals surface area contributed by atoms with Crippen molar-refractivity contribution in [3.63, 3.8) is 0 Å². The predicted molar refractivity (Wildman–Crippen MR) is 68.3 cm³/mol. The van der Waals surface area contributed by atoms with Gasteiger partial charge in [-0.3, -0.25) is 4.90 Å². The Hall–Kier alpha value is 0.140. The highest BCUT2D eigenvalue weighted by atomic mass is 79.9. The normalized spacial score (nSPS) is 26.7. The van der Waals surface area contributed by atoms with Crippen LogP contribution < -0.4 is 5.32 Å². The van der Waals surface area contributed by atoms with Crippen LogP contribution in [0.3, 0.4) is 0 Å². The van der Waals surface area contributed by atoms with Crippen molar-refractivity contribution in [2.24, 2.45) is 0 Å². The van der Waals surface area contributed by atoms with Crippen LogP contribution in [0.5, 0.6) is 0 Å². The van der Waals surface area contributed by atoms with Crippen LogP contribution in [0.15, 0.2) is 11.1 Å². The lowest BCUT2D eigenvalue weighted by Crippen LogP contribution is -2.61. The van der Waals surface area contributed by atoms with Crippen molar-refractivity contribution < 1.29 is 0 Å². The molecule has 2 aliphatic rings. The zero-order valence-electron chi connectivity index (χ0n) is 9.40. The minimum Gasteiger partial charge on any atom is -0.309 e. The number of halogens is 1. The first kappa shape index (κ1) is 11.6. The minimum absolute atomic E-state index is 0.430. The standard InChI is InChI=1S/C12H21BrN2/c1-11(13)9-15-8-7-14-12(10-15)5-3-2-4-6-12/h14H,1-10H2. The molecule has 2 nitrogen and oxygen atoms in total. The first-order valence-electron chi connectivity index (χ1n) is 6.01. The van der Waals surface area contributed by atoms with Gasteiger partial charge in [-0.25, -0.2) is 0 Å². The molecule has 1 saturated heterocycles. The smallest absolute Gasteiger partial charge is 0.0309 e. The fourth-order valence-electron chi connectivity index (χ4n) is 2.98. The summed E-state index contributed by atoms with van der Waals surface area (Å²) in [5.74, 6) is 0. The van der Waals surface area contributed by atoms with Gasteiger partial charge in [0.2, 0.25) is 0 Å². The Balaban J connectivity index is 1.93. The van der Waals surface area contributed by atoms with E-state index < -0.39 is 0 Å². The van der Waals surface area contributed by atoms with Gasteiger partial charge in [0, 0.05) is 36.2 Å². The molecule has 15 heavy (non-hydrogen) atoms. The van der Waals surface area contributed by atoms with E-state index in [0.717, 1.165) is 24.1 Å². The molecule has 3 heteroatoms. The third-order valence-electron chi connectivity index (χ3n) is 3.66. The first-order chi connectivity index (χ1) is 7.20. The van der Waals surface area contributed by atoms with Crippen LogP contribution in [-0.2, 0) is 0 Å². The summed E-state index contributed by atoms with van der Waals surface area (Å²) in [4.78, 5) is 2.53. The summed E-state index contributed by atoms with van der Waals surface area (Å²) in [7, 11) is 0. The fourth-order valence-corrected chi connectivity index (χ4v) is 3.34. The Morgan fingerprint density at radius 2 is 2.07 bits per heavy atom. The number of nitrogens with one attached hydrogen (secondary N) is 1. The lowest BCUT2D eigenvalue weighted by Gasteiger charge is -2.46. The molecular formula is C12H21BrN2. The van der Waals surface area contributed by atoms with E-state index >= 15 is 0 Å². The number of hydrogen-bond donors (Lipinski definition) is 1. The molecule has 2 rings (SSSR count). The zero-order chi connectivity index (χ0) is 10.7. The van der Waals surface area contributed by atoms with Crippen molar-refractivity contribution in [1.29, 1.82) is 0 Å². The summed E-state index contributed by atoms with van der Waals surface area (Å²) in [6, 6.07) is 0. The fraction of sp³-hybridized carbons (Fsp3) is 0.833. The van der Waals surface area contributed by atoms with Gasteiger partial charge in [0.1, 0.15) is 0 Å². The molecule has 1 aliphatic carbocycles. The lowest BCUT2D eigenvalue weighted by atomic mass is 9.80. The molecule has 0 amide bonds. The van der Waals surface area contributed by atoms with E-state index in [1.165, 1.54) is 38.6 Å². The van der Waals surface area contributed by atoms with E-state index in [9.17, 15) is 0 Å². The van der Waals surface area contributed by atoms with Crippen molar-refractivity contribution in [1.82, 2.24) is 10.2 Å². The molecule has 0 radical (unpaired) electrons. The highest BCUT2D eigenvalue weighted by Crippen LogP contribution is 2.30. The van der Waals surface area contributed by atoms with Gasteiger partial charge in [-0.2, -0.15) is 0 Å². The topological polar surface area (TPSA) is 15.3 Å². The Bertz CT molecular complexity index is 228. The van der Waals surface area contributed by atoms with Gasteiger partial charge in [0.15, 0.2) is 0 Å². The van der Waals surface area contributed by atoms with Gasteiger partial charge >= 0.3 is 0 Å². The van der Waals surface area contributed by atoms with Crippen molar-refractivity contribution >= 4 is 15.9 Å². The van der Waals surface area contributed by atoms with Crippen molar-refractivity contribution in [3.8, 4) is 0 Å². The van der Waals surface area contributed by atoms with Gasteiger partial charge in [0.25, 0.3) is 0 Å². The molecule has 0 aromatic heterocycles. The monoisotopic (exact) mass is 272 g/mol. The summed E-state index contributed by atoms with van der Waals surface area (Å²) in [5.41, 5.74) is 0.430. The van der Waals surface area contributed by atoms with Crippen LogP contribution in [0.1, 0.15) is 32.1 Å². The first-order valence-corrected chi connectivity index (χ1v) is 6.80. The molecule has 1 saturated carbocycles. The van der Waals surface area contributed by atoms with Crippen LogP contribution in [0.25, 0.3) is 0 Å². The van der Waals surface area contributed by atoms with Crippen molar-refractivity contribution in [3.05, 3.63) is 11.1 Å². The Labute approximate surface area is 101 Å². The van der Waals surface area contributed by atoms with E-state index in [0.29, 0.717) is 5.54 Å². The van der Waals surface area contributed by atoms with Gasteiger partial charge in [0.05, 0.1) is 0 Å². The van der Waals surface area contributed by atoms with Crippen LogP contribution in [-0.4, -0.2) is 36.6 Å². The number of rotatable bonds is 2. The Kier molecular flexibility index (Phi) is 3.86. The third-order valence-corrected chi connectivity index (χ3v) is 3.91. The zero-order valence-corrected chi connectivity index (χ0v) is 11.0. The van der Waals surface area contributed by atoms with E-state index in [1.807, 2.05) is 0 Å². The molecular weight excluding hydrogens is 252 g/mol. The van der Waals surface area contributed by atoms with Crippen LogP contribution >= 0.6 is 15.9 Å². The van der Waals surface area contributed by atoms with E-state index in [2.05, 4.69) is 32.7 Å². The minimum atomic E-state index is 0.430. The van der Waals surface area contributed by atoms with Crippen LogP contribution in [0, 0.1) is 0 Å². The van der Waals surface area contributed by atoms with Gasteiger partial charge in [-0.15, -0.1) is 0 Å². The summed E-state index contributed by atoms with van der Waals surface area (Å²) in [5, 5.41) is 3.75. The molecule has 0 aromatic carbocycles. The predicted octanol–water partition coefficient (Wildman–Crippen LogP) is 2.50. The highest BCUT2D eigenvalue weighted by molar-refractivity contribution is 9.11. The van der Waals surface area contributed by atoms with Gasteiger partial charge in [-0.1, -0.05) is 41.8 Å². The second kappa shape index (κ2) is 4.98. The van der Waals surface area contributed by atoms with E-state index in [1.54, 1.807) is 0 Å². The van der Waals surface area contributed by atoms with Crippen molar-refractivity contribution in [2.75, 3.05) is 26.2 Å². The van der Waals surface area contributed by atoms with Crippen LogP contribution in [0.2, 0.25) is 0 Å². The van der Waals surface area contributed by atoms with Gasteiger partial charge in [-0.05, 0) is 12.8 Å². The number of nitrogens with zero attached hydrogens (tertiary/aromatic N) is 1. The molecule has 0 bridgehead atoms. The lowest BCUT2D eigenvalue weighted by molar-refractivity contribution is 0.108. The second-order valence-electron chi connectivity index (χ2n) is 5.00. The number of piperazine rings is 1. The average Bonchev–Trinajstić information content (AvgIpc) is 2.17. The third kappa shape index (κ3) is 3.05. The average molecular weight is 273 g/mol. The molecule has 2 fully saturated rings. The number of hydrogen-bond acceptors (Lipinski definition) is 2. The maximum atomic E-state index is 3.94. The largest absolute Gasteiger partial charge is 0.309 e. The molecule has 0 atom stereocenters. The molecule has 86 valence electrons. The summed E-state index contributed by atoms with van der Waals surface area (Å²) < 4.78 is 1.11. The van der Waals surface area contributed by atoms with Crippen molar-refractivity contribution in [2.45, 2.75) is 37.6 Å². The maximum absolute atomic E-state index is 3.94. The van der Waals surface area contributed by atoms with Gasteiger partial charge < -0.3 is 5.32 Å². The molecule has 0 aromatic rings. The molecule has 0 unspecified atom stereocenters. The SMILES string of the molecule is C=C(Br)CN1CCNC2(CCCCC2)C1. The second-order valence-corrected chi connectivity index (χ2v) is 6.12. The highest BCUT2D eigenvalue weighted by Gasteiger charge is 2.35.